The minimum Gasteiger partial charge on any atom is -0.382 e. The highest BCUT2D eigenvalue weighted by molar-refractivity contribution is 5.09. The molecule has 0 aliphatic heterocycles. The molecule has 0 amide bonds. The third kappa shape index (κ3) is 1.57. The molecule has 0 bridgehead atoms. The molecular formula is C8H16N4O. The standard InChI is InChI=1S/C8H16N4O/c1-6(2)8(13,5-9)7-4-10-11-12(7)3/h4,6,13H,5,9H2,1-3H3. The lowest BCUT2D eigenvalue weighted by Crippen LogP contribution is -2.41. The number of aliphatic hydroxyl groups is 1. The van der Waals surface area contributed by atoms with Gasteiger partial charge in [0.15, 0.2) is 0 Å². The Labute approximate surface area is 77.6 Å². The van der Waals surface area contributed by atoms with Gasteiger partial charge in [-0.25, -0.2) is 4.68 Å². The summed E-state index contributed by atoms with van der Waals surface area (Å²) in [6.45, 7) is 4.01. The summed E-state index contributed by atoms with van der Waals surface area (Å²) >= 11 is 0. The Kier molecular flexibility index (Phi) is 2.68. The molecule has 1 unspecified atom stereocenters. The third-order valence-corrected chi connectivity index (χ3v) is 2.42. The Balaban J connectivity index is 3.10. The van der Waals surface area contributed by atoms with E-state index in [4.69, 9.17) is 5.73 Å². The lowest BCUT2D eigenvalue weighted by Gasteiger charge is -2.30. The first kappa shape index (κ1) is 10.1. The molecule has 1 aromatic rings. The SMILES string of the molecule is CC(C)C(O)(CN)c1cnnn1C. The van der Waals surface area contributed by atoms with Crippen molar-refractivity contribution in [3.63, 3.8) is 0 Å². The van der Waals surface area contributed by atoms with Crippen molar-refractivity contribution in [3.8, 4) is 0 Å². The Hall–Kier alpha value is -0.940. The van der Waals surface area contributed by atoms with Crippen molar-refractivity contribution in [2.75, 3.05) is 6.54 Å². The van der Waals surface area contributed by atoms with Crippen LogP contribution < -0.4 is 5.73 Å². The van der Waals surface area contributed by atoms with Crippen LogP contribution >= 0.6 is 0 Å². The van der Waals surface area contributed by atoms with E-state index >= 15 is 0 Å². The van der Waals surface area contributed by atoms with Gasteiger partial charge in [0.25, 0.3) is 0 Å². The van der Waals surface area contributed by atoms with Crippen molar-refractivity contribution >= 4 is 0 Å². The number of hydrogen-bond donors (Lipinski definition) is 2. The second-order valence-electron chi connectivity index (χ2n) is 3.53. The fourth-order valence-corrected chi connectivity index (χ4v) is 1.32. The normalized spacial score (nSPS) is 16.2. The summed E-state index contributed by atoms with van der Waals surface area (Å²) < 4.78 is 1.55. The highest BCUT2D eigenvalue weighted by atomic mass is 16.3. The van der Waals surface area contributed by atoms with Crippen LogP contribution in [0, 0.1) is 5.92 Å². The molecule has 1 atom stereocenters. The molecule has 0 fully saturated rings. The second-order valence-corrected chi connectivity index (χ2v) is 3.53. The zero-order chi connectivity index (χ0) is 10.1. The maximum absolute atomic E-state index is 10.2. The second kappa shape index (κ2) is 3.43. The van der Waals surface area contributed by atoms with Gasteiger partial charge in [0, 0.05) is 13.6 Å². The van der Waals surface area contributed by atoms with Gasteiger partial charge in [0.1, 0.15) is 5.60 Å². The largest absolute Gasteiger partial charge is 0.382 e. The van der Waals surface area contributed by atoms with Crippen LogP contribution in [0.1, 0.15) is 19.5 Å². The van der Waals surface area contributed by atoms with Crippen molar-refractivity contribution in [3.05, 3.63) is 11.9 Å². The molecule has 13 heavy (non-hydrogen) atoms. The highest BCUT2D eigenvalue weighted by Crippen LogP contribution is 2.26. The molecule has 5 nitrogen and oxygen atoms in total. The van der Waals surface area contributed by atoms with E-state index in [1.807, 2.05) is 13.8 Å². The Morgan fingerprint density at radius 1 is 1.69 bits per heavy atom. The average Bonchev–Trinajstić information content (AvgIpc) is 2.50. The molecule has 0 spiro atoms. The molecule has 0 radical (unpaired) electrons. The summed E-state index contributed by atoms with van der Waals surface area (Å²) in [6.07, 6.45) is 1.55. The first-order valence-corrected chi connectivity index (χ1v) is 4.30. The van der Waals surface area contributed by atoms with E-state index in [0.29, 0.717) is 5.69 Å². The number of aryl methyl sites for hydroxylation is 1. The minimum absolute atomic E-state index is 0.0368. The van der Waals surface area contributed by atoms with Gasteiger partial charge in [-0.05, 0) is 5.92 Å². The fourth-order valence-electron chi connectivity index (χ4n) is 1.32. The molecule has 0 aliphatic carbocycles. The number of rotatable bonds is 3. The van der Waals surface area contributed by atoms with Crippen molar-refractivity contribution in [1.82, 2.24) is 15.0 Å². The molecule has 1 heterocycles. The molecule has 0 saturated heterocycles. The molecular weight excluding hydrogens is 168 g/mol. The Morgan fingerprint density at radius 2 is 2.31 bits per heavy atom. The summed E-state index contributed by atoms with van der Waals surface area (Å²) in [6, 6.07) is 0. The van der Waals surface area contributed by atoms with Gasteiger partial charge in [-0.2, -0.15) is 0 Å². The summed E-state index contributed by atoms with van der Waals surface area (Å²) in [4.78, 5) is 0. The van der Waals surface area contributed by atoms with Gasteiger partial charge in [-0.15, -0.1) is 5.10 Å². The monoisotopic (exact) mass is 184 g/mol. The maximum Gasteiger partial charge on any atom is 0.122 e. The zero-order valence-electron chi connectivity index (χ0n) is 8.23. The topological polar surface area (TPSA) is 77.0 Å². The van der Waals surface area contributed by atoms with Crippen LogP contribution in [0.3, 0.4) is 0 Å². The average molecular weight is 184 g/mol. The Morgan fingerprint density at radius 3 is 2.62 bits per heavy atom. The lowest BCUT2D eigenvalue weighted by atomic mass is 9.87. The number of nitrogens with zero attached hydrogens (tertiary/aromatic N) is 3. The number of hydrogen-bond acceptors (Lipinski definition) is 4. The van der Waals surface area contributed by atoms with Crippen molar-refractivity contribution in [2.45, 2.75) is 19.4 Å². The number of nitrogens with two attached hydrogens (primary N) is 1. The van der Waals surface area contributed by atoms with Crippen LogP contribution in [0.5, 0.6) is 0 Å². The van der Waals surface area contributed by atoms with Gasteiger partial charge in [0.05, 0.1) is 11.9 Å². The summed E-state index contributed by atoms with van der Waals surface area (Å²) in [5, 5.41) is 17.7. The zero-order valence-corrected chi connectivity index (χ0v) is 8.23. The smallest absolute Gasteiger partial charge is 0.122 e. The first-order valence-electron chi connectivity index (χ1n) is 4.30. The van der Waals surface area contributed by atoms with Gasteiger partial charge in [-0.1, -0.05) is 19.1 Å². The van der Waals surface area contributed by atoms with E-state index in [1.165, 1.54) is 0 Å². The van der Waals surface area contributed by atoms with E-state index < -0.39 is 5.60 Å². The van der Waals surface area contributed by atoms with Gasteiger partial charge in [0.2, 0.25) is 0 Å². The van der Waals surface area contributed by atoms with Gasteiger partial charge in [-0.3, -0.25) is 0 Å². The summed E-state index contributed by atoms with van der Waals surface area (Å²) in [7, 11) is 1.74. The van der Waals surface area contributed by atoms with Crippen LogP contribution in [0.25, 0.3) is 0 Å². The minimum atomic E-state index is -1.03. The van der Waals surface area contributed by atoms with E-state index in [-0.39, 0.29) is 12.5 Å². The van der Waals surface area contributed by atoms with Crippen LogP contribution in [-0.4, -0.2) is 26.6 Å². The van der Waals surface area contributed by atoms with E-state index in [1.54, 1.807) is 17.9 Å². The molecule has 1 aromatic heterocycles. The number of aromatic nitrogens is 3. The molecule has 0 aromatic carbocycles. The highest BCUT2D eigenvalue weighted by Gasteiger charge is 2.34. The van der Waals surface area contributed by atoms with Crippen LogP contribution in [0.2, 0.25) is 0 Å². The molecule has 0 aliphatic rings. The Bertz CT molecular complexity index is 283. The summed E-state index contributed by atoms with van der Waals surface area (Å²) in [5.41, 5.74) is 5.18. The predicted octanol–water partition coefficient (Wildman–Crippen LogP) is -0.383. The van der Waals surface area contributed by atoms with E-state index in [0.717, 1.165) is 0 Å². The van der Waals surface area contributed by atoms with Crippen molar-refractivity contribution < 1.29 is 5.11 Å². The molecule has 0 saturated carbocycles. The predicted molar refractivity (Wildman–Crippen MR) is 48.8 cm³/mol. The van der Waals surface area contributed by atoms with Gasteiger partial charge < -0.3 is 10.8 Å². The molecule has 5 heteroatoms. The first-order chi connectivity index (χ1) is 6.02. The van der Waals surface area contributed by atoms with Crippen molar-refractivity contribution in [1.29, 1.82) is 0 Å². The summed E-state index contributed by atoms with van der Waals surface area (Å²) in [5.74, 6) is 0.0368. The van der Waals surface area contributed by atoms with Crippen LogP contribution in [0.15, 0.2) is 6.20 Å². The van der Waals surface area contributed by atoms with Crippen molar-refractivity contribution in [2.24, 2.45) is 18.7 Å². The van der Waals surface area contributed by atoms with Gasteiger partial charge >= 0.3 is 0 Å². The molecule has 1 rings (SSSR count). The van der Waals surface area contributed by atoms with Crippen LogP contribution in [-0.2, 0) is 12.6 Å². The fraction of sp³-hybridized carbons (Fsp3) is 0.750. The maximum atomic E-state index is 10.2. The van der Waals surface area contributed by atoms with E-state index in [9.17, 15) is 5.11 Å². The molecule has 3 N–H and O–H groups in total. The van der Waals surface area contributed by atoms with Crippen LogP contribution in [0.4, 0.5) is 0 Å². The quantitative estimate of drug-likeness (QED) is 0.671. The van der Waals surface area contributed by atoms with E-state index in [2.05, 4.69) is 10.3 Å². The lowest BCUT2D eigenvalue weighted by molar-refractivity contribution is -0.00859. The molecule has 74 valence electrons. The third-order valence-electron chi connectivity index (χ3n) is 2.42.